The van der Waals surface area contributed by atoms with E-state index in [4.69, 9.17) is 14.2 Å². The number of rotatable bonds is 22. The minimum Gasteiger partial charge on any atom is -0.433 e. The van der Waals surface area contributed by atoms with Crippen LogP contribution >= 0.6 is 0 Å². The molecule has 0 fully saturated rings. The van der Waals surface area contributed by atoms with Crippen molar-refractivity contribution in [1.82, 2.24) is 0 Å². The van der Waals surface area contributed by atoms with Crippen molar-refractivity contribution in [3.8, 4) is 0 Å². The summed E-state index contributed by atoms with van der Waals surface area (Å²) >= 11 is 0. The quantitative estimate of drug-likeness (QED) is 0.103. The van der Waals surface area contributed by atoms with Gasteiger partial charge in [0.05, 0.1) is 13.2 Å². The molecule has 0 aromatic rings. The van der Waals surface area contributed by atoms with Crippen LogP contribution in [0, 0.1) is 0 Å². The highest BCUT2D eigenvalue weighted by Gasteiger charge is 2.10. The molecule has 1 unspecified atom stereocenters. The van der Waals surface area contributed by atoms with E-state index in [9.17, 15) is 9.90 Å². The lowest BCUT2D eigenvalue weighted by atomic mass is 10.1. The number of hydrogen-bond acceptors (Lipinski definition) is 5. The Hall–Kier alpha value is -0.910. The molecule has 172 valence electrons. The third kappa shape index (κ3) is 23.2. The summed E-state index contributed by atoms with van der Waals surface area (Å²) in [7, 11) is 0. The van der Waals surface area contributed by atoms with Gasteiger partial charge >= 0.3 is 5.97 Å². The number of allylic oxidation sites excluding steroid dienone is 2. The molecule has 0 aliphatic heterocycles. The lowest BCUT2D eigenvalue weighted by Gasteiger charge is -2.12. The van der Waals surface area contributed by atoms with Gasteiger partial charge in [-0.25, -0.2) is 0 Å². The number of esters is 1. The molecule has 1 N–H and O–H groups in total. The van der Waals surface area contributed by atoms with Gasteiger partial charge in [-0.05, 0) is 39.0 Å². The molecule has 0 aliphatic carbocycles. The summed E-state index contributed by atoms with van der Waals surface area (Å²) in [5, 5.41) is 9.59. The zero-order chi connectivity index (χ0) is 21.4. The molecule has 5 nitrogen and oxygen atoms in total. The number of aliphatic hydroxyl groups is 1. The van der Waals surface area contributed by atoms with Crippen LogP contribution in [0.5, 0.6) is 0 Å². The molecule has 0 saturated carbocycles. The fourth-order valence-electron chi connectivity index (χ4n) is 3.03. The van der Waals surface area contributed by atoms with E-state index < -0.39 is 6.29 Å². The lowest BCUT2D eigenvalue weighted by Crippen LogP contribution is -2.23. The van der Waals surface area contributed by atoms with Crippen LogP contribution in [0.4, 0.5) is 0 Å². The number of ether oxygens (including phenoxy) is 3. The van der Waals surface area contributed by atoms with Gasteiger partial charge in [0.2, 0.25) is 6.29 Å². The highest BCUT2D eigenvalue weighted by Crippen LogP contribution is 2.10. The largest absolute Gasteiger partial charge is 0.433 e. The molecule has 5 heteroatoms. The normalized spacial score (nSPS) is 12.5. The van der Waals surface area contributed by atoms with Gasteiger partial charge in [-0.1, -0.05) is 70.4 Å². The van der Waals surface area contributed by atoms with E-state index in [0.717, 1.165) is 25.7 Å². The third-order valence-electron chi connectivity index (χ3n) is 4.75. The molecule has 0 radical (unpaired) electrons. The van der Waals surface area contributed by atoms with Gasteiger partial charge in [0.25, 0.3) is 0 Å². The average Bonchev–Trinajstić information content (AvgIpc) is 2.70. The summed E-state index contributed by atoms with van der Waals surface area (Å²) in [6.45, 7) is 5.66. The smallest absolute Gasteiger partial charge is 0.308 e. The van der Waals surface area contributed by atoms with Crippen molar-refractivity contribution >= 4 is 5.97 Å². The molecule has 0 spiro atoms. The predicted octanol–water partition coefficient (Wildman–Crippen LogP) is 5.94. The summed E-state index contributed by atoms with van der Waals surface area (Å²) in [4.78, 5) is 11.7. The first-order valence-corrected chi connectivity index (χ1v) is 11.9. The Morgan fingerprint density at radius 2 is 1.34 bits per heavy atom. The van der Waals surface area contributed by atoms with Crippen molar-refractivity contribution in [2.75, 3.05) is 26.4 Å². The number of unbranched alkanes of at least 4 members (excludes halogenated alkanes) is 11. The van der Waals surface area contributed by atoms with E-state index >= 15 is 0 Å². The average molecular weight is 415 g/mol. The Bertz CT molecular complexity index is 370. The Morgan fingerprint density at radius 1 is 0.793 bits per heavy atom. The van der Waals surface area contributed by atoms with Crippen molar-refractivity contribution in [2.45, 2.75) is 110 Å². The molecule has 0 bridgehead atoms. The molecule has 0 heterocycles. The van der Waals surface area contributed by atoms with Crippen LogP contribution in [-0.2, 0) is 19.0 Å². The molecule has 1 atom stereocenters. The molecule has 0 rings (SSSR count). The molecular weight excluding hydrogens is 368 g/mol. The van der Waals surface area contributed by atoms with E-state index in [1.807, 2.05) is 6.92 Å². The van der Waals surface area contributed by atoms with Gasteiger partial charge in [0.1, 0.15) is 6.61 Å². The zero-order valence-electron chi connectivity index (χ0n) is 19.0. The van der Waals surface area contributed by atoms with Gasteiger partial charge in [-0.2, -0.15) is 0 Å². The van der Waals surface area contributed by atoms with Crippen LogP contribution in [-0.4, -0.2) is 43.8 Å². The number of aliphatic hydroxyl groups excluding tert-OH is 1. The maximum atomic E-state index is 11.7. The Kier molecular flexibility index (Phi) is 22.6. The maximum absolute atomic E-state index is 11.7. The predicted molar refractivity (Wildman–Crippen MR) is 119 cm³/mol. The van der Waals surface area contributed by atoms with Crippen LogP contribution in [0.1, 0.15) is 104 Å². The van der Waals surface area contributed by atoms with E-state index in [1.165, 1.54) is 57.8 Å². The minimum absolute atomic E-state index is 0.00874. The highest BCUT2D eigenvalue weighted by molar-refractivity contribution is 5.69. The van der Waals surface area contributed by atoms with Gasteiger partial charge in [0.15, 0.2) is 0 Å². The Labute approximate surface area is 179 Å². The molecule has 0 aromatic carbocycles. The van der Waals surface area contributed by atoms with Gasteiger partial charge in [0, 0.05) is 13.0 Å². The minimum atomic E-state index is -1.19. The topological polar surface area (TPSA) is 65.0 Å². The third-order valence-corrected chi connectivity index (χ3v) is 4.75. The lowest BCUT2D eigenvalue weighted by molar-refractivity contribution is -0.177. The van der Waals surface area contributed by atoms with E-state index in [-0.39, 0.29) is 12.6 Å². The summed E-state index contributed by atoms with van der Waals surface area (Å²) in [5.41, 5.74) is 0. The number of carbonyl (C=O) groups excluding carboxylic acids is 1. The molecule has 0 aromatic heterocycles. The first-order valence-electron chi connectivity index (χ1n) is 11.9. The maximum Gasteiger partial charge on any atom is 0.308 e. The van der Waals surface area contributed by atoms with Gasteiger partial charge in [-0.15, -0.1) is 0 Å². The first kappa shape index (κ1) is 28.1. The van der Waals surface area contributed by atoms with Crippen molar-refractivity contribution in [3.05, 3.63) is 12.2 Å². The second-order valence-corrected chi connectivity index (χ2v) is 7.55. The monoisotopic (exact) mass is 414 g/mol. The van der Waals surface area contributed by atoms with E-state index in [0.29, 0.717) is 26.2 Å². The fourth-order valence-corrected chi connectivity index (χ4v) is 3.03. The Balaban J connectivity index is 3.32. The molecule has 0 aliphatic rings. The summed E-state index contributed by atoms with van der Waals surface area (Å²) < 4.78 is 15.2. The van der Waals surface area contributed by atoms with Crippen LogP contribution in [0.3, 0.4) is 0 Å². The number of carbonyl (C=O) groups is 1. The molecular formula is C24H46O5. The second-order valence-electron chi connectivity index (χ2n) is 7.55. The fraction of sp³-hybridized carbons (Fsp3) is 0.875. The Morgan fingerprint density at radius 3 is 1.97 bits per heavy atom. The summed E-state index contributed by atoms with van der Waals surface area (Å²) in [5.74, 6) is -0.358. The van der Waals surface area contributed by atoms with E-state index in [1.54, 1.807) is 0 Å². The number of hydrogen-bond donors (Lipinski definition) is 1. The van der Waals surface area contributed by atoms with E-state index in [2.05, 4.69) is 19.1 Å². The molecule has 29 heavy (non-hydrogen) atoms. The van der Waals surface area contributed by atoms with Crippen molar-refractivity contribution in [3.63, 3.8) is 0 Å². The highest BCUT2D eigenvalue weighted by atomic mass is 16.7. The molecule has 0 saturated heterocycles. The van der Waals surface area contributed by atoms with Crippen molar-refractivity contribution in [2.24, 2.45) is 0 Å². The van der Waals surface area contributed by atoms with Crippen LogP contribution < -0.4 is 0 Å². The second kappa shape index (κ2) is 23.4. The van der Waals surface area contributed by atoms with Crippen LogP contribution in [0.25, 0.3) is 0 Å². The van der Waals surface area contributed by atoms with Crippen molar-refractivity contribution in [1.29, 1.82) is 0 Å². The van der Waals surface area contributed by atoms with Gasteiger partial charge in [-0.3, -0.25) is 4.79 Å². The van der Waals surface area contributed by atoms with Crippen LogP contribution in [0.15, 0.2) is 12.2 Å². The summed E-state index contributed by atoms with van der Waals surface area (Å²) in [6, 6.07) is 0. The van der Waals surface area contributed by atoms with Gasteiger partial charge < -0.3 is 19.3 Å². The summed E-state index contributed by atoms with van der Waals surface area (Å²) in [6.07, 6.45) is 19.8. The van der Waals surface area contributed by atoms with Crippen LogP contribution in [0.2, 0.25) is 0 Å². The standard InChI is InChI=1S/C24H46O5/c1-3-5-6-7-8-9-10-11-12-13-14-15-16-17-18-19-23(25)29-24(26)22-28-21-20-27-4-2/h11-12,24,26H,3-10,13-22H2,1-2H3/b12-11-. The van der Waals surface area contributed by atoms with Crippen molar-refractivity contribution < 1.29 is 24.1 Å². The zero-order valence-corrected chi connectivity index (χ0v) is 19.0. The molecule has 0 amide bonds. The first-order chi connectivity index (χ1) is 14.2. The SMILES string of the molecule is CCCCCCCC/C=C\CCCCCCCC(=O)OC(O)COCCOCC.